The summed E-state index contributed by atoms with van der Waals surface area (Å²) in [6.45, 7) is 0.669. The maximum Gasteiger partial charge on any atom is 0.220 e. The van der Waals surface area contributed by atoms with Gasteiger partial charge in [-0.2, -0.15) is 0 Å². The Bertz CT molecular complexity index is 960. The zero-order valence-corrected chi connectivity index (χ0v) is 17.1. The summed E-state index contributed by atoms with van der Waals surface area (Å²) in [5.74, 6) is 0.814. The van der Waals surface area contributed by atoms with Crippen LogP contribution in [0.25, 0.3) is 11.3 Å². The average molecular weight is 407 g/mol. The van der Waals surface area contributed by atoms with Crippen molar-refractivity contribution >= 4 is 5.91 Å². The summed E-state index contributed by atoms with van der Waals surface area (Å²) in [6, 6.07) is 16.6. The zero-order chi connectivity index (χ0) is 20.8. The quantitative estimate of drug-likeness (QED) is 0.569. The van der Waals surface area contributed by atoms with Crippen LogP contribution in [-0.2, 0) is 16.6 Å². The summed E-state index contributed by atoms with van der Waals surface area (Å²) in [5, 5.41) is 3.16. The van der Waals surface area contributed by atoms with Crippen molar-refractivity contribution < 1.29 is 13.6 Å². The molecule has 0 unspecified atom stereocenters. The molecule has 0 bridgehead atoms. The molecule has 1 amide bonds. The molecule has 1 aliphatic carbocycles. The van der Waals surface area contributed by atoms with Crippen LogP contribution < -0.4 is 5.32 Å². The van der Waals surface area contributed by atoms with Crippen molar-refractivity contribution in [2.24, 2.45) is 0 Å². The first kappa shape index (κ1) is 20.3. The summed E-state index contributed by atoms with van der Waals surface area (Å²) in [4.78, 5) is 16.8. The minimum absolute atomic E-state index is 0.0115. The Morgan fingerprint density at radius 3 is 2.50 bits per heavy atom. The lowest BCUT2D eigenvalue weighted by Crippen LogP contribution is -2.42. The zero-order valence-electron chi connectivity index (χ0n) is 17.1. The van der Waals surface area contributed by atoms with E-state index in [4.69, 9.17) is 4.42 Å². The standard InChI is InChI=1S/C25H27FN2O2/c26-21-11-9-19(10-12-21)22-17-27-24(30-22)14-13-23(29)28-18-25(15-5-2-6-16-25)20-7-3-1-4-8-20/h1,3-4,7-12,17H,2,5-6,13-16,18H2,(H,28,29). The minimum Gasteiger partial charge on any atom is -0.441 e. The average Bonchev–Trinajstić information content (AvgIpc) is 3.27. The minimum atomic E-state index is -0.290. The summed E-state index contributed by atoms with van der Waals surface area (Å²) in [5.41, 5.74) is 2.12. The third kappa shape index (κ3) is 4.78. The maximum absolute atomic E-state index is 13.1. The van der Waals surface area contributed by atoms with E-state index in [1.807, 2.05) is 6.07 Å². The molecule has 1 aromatic heterocycles. The van der Waals surface area contributed by atoms with E-state index < -0.39 is 0 Å². The highest BCUT2D eigenvalue weighted by Crippen LogP contribution is 2.38. The van der Waals surface area contributed by atoms with Crippen molar-refractivity contribution in [1.29, 1.82) is 0 Å². The number of hydrogen-bond donors (Lipinski definition) is 1. The molecule has 0 aliphatic heterocycles. The van der Waals surface area contributed by atoms with Crippen LogP contribution >= 0.6 is 0 Å². The van der Waals surface area contributed by atoms with Crippen molar-refractivity contribution in [2.45, 2.75) is 50.4 Å². The van der Waals surface area contributed by atoms with E-state index in [1.165, 1.54) is 37.0 Å². The van der Waals surface area contributed by atoms with Crippen LogP contribution in [0.3, 0.4) is 0 Å². The van der Waals surface area contributed by atoms with Crippen LogP contribution in [0.5, 0.6) is 0 Å². The highest BCUT2D eigenvalue weighted by molar-refractivity contribution is 5.76. The van der Waals surface area contributed by atoms with Crippen LogP contribution in [0, 0.1) is 5.82 Å². The van der Waals surface area contributed by atoms with Crippen LogP contribution in [-0.4, -0.2) is 17.4 Å². The number of nitrogens with one attached hydrogen (secondary N) is 1. The molecule has 1 aliphatic rings. The van der Waals surface area contributed by atoms with Crippen LogP contribution in [0.4, 0.5) is 4.39 Å². The number of rotatable bonds is 7. The number of halogens is 1. The van der Waals surface area contributed by atoms with Crippen LogP contribution in [0.2, 0.25) is 0 Å². The SMILES string of the molecule is O=C(CCc1ncc(-c2ccc(F)cc2)o1)NCC1(c2ccccc2)CCCCC1. The van der Waals surface area contributed by atoms with Gasteiger partial charge in [-0.25, -0.2) is 9.37 Å². The monoisotopic (exact) mass is 406 g/mol. The largest absolute Gasteiger partial charge is 0.441 e. The summed E-state index contributed by atoms with van der Waals surface area (Å²) >= 11 is 0. The fourth-order valence-corrected chi connectivity index (χ4v) is 4.34. The first-order valence-corrected chi connectivity index (χ1v) is 10.7. The summed E-state index contributed by atoms with van der Waals surface area (Å²) in [6.07, 6.45) is 8.27. The van der Waals surface area contributed by atoms with E-state index in [9.17, 15) is 9.18 Å². The Labute approximate surface area is 176 Å². The fraction of sp³-hybridized carbons (Fsp3) is 0.360. The van der Waals surface area contributed by atoms with Crippen molar-refractivity contribution in [3.63, 3.8) is 0 Å². The molecule has 0 radical (unpaired) electrons. The molecule has 0 saturated heterocycles. The molecule has 4 rings (SSSR count). The smallest absolute Gasteiger partial charge is 0.220 e. The molecule has 0 atom stereocenters. The molecule has 4 nitrogen and oxygen atoms in total. The molecule has 2 aromatic carbocycles. The van der Waals surface area contributed by atoms with E-state index >= 15 is 0 Å². The van der Waals surface area contributed by atoms with Gasteiger partial charge in [0.05, 0.1) is 6.20 Å². The van der Waals surface area contributed by atoms with Gasteiger partial charge in [-0.05, 0) is 42.7 Å². The number of amides is 1. The molecule has 1 heterocycles. The molecule has 3 aromatic rings. The Morgan fingerprint density at radius 1 is 1.03 bits per heavy atom. The van der Waals surface area contributed by atoms with Crippen LogP contribution in [0.15, 0.2) is 65.2 Å². The molecular weight excluding hydrogens is 379 g/mol. The van der Waals surface area contributed by atoms with Gasteiger partial charge >= 0.3 is 0 Å². The third-order valence-corrected chi connectivity index (χ3v) is 6.07. The van der Waals surface area contributed by atoms with Gasteiger partial charge in [-0.1, -0.05) is 49.6 Å². The van der Waals surface area contributed by atoms with Gasteiger partial charge in [0.15, 0.2) is 11.7 Å². The Hall–Kier alpha value is -2.95. The van der Waals surface area contributed by atoms with E-state index in [0.717, 1.165) is 18.4 Å². The normalized spacial score (nSPS) is 15.6. The molecule has 156 valence electrons. The van der Waals surface area contributed by atoms with Crippen molar-refractivity contribution in [3.8, 4) is 11.3 Å². The molecule has 5 heteroatoms. The number of aromatic nitrogens is 1. The van der Waals surface area contributed by atoms with Gasteiger partial charge < -0.3 is 9.73 Å². The lowest BCUT2D eigenvalue weighted by atomic mass is 9.69. The van der Waals surface area contributed by atoms with Gasteiger partial charge in [-0.15, -0.1) is 0 Å². The van der Waals surface area contributed by atoms with Gasteiger partial charge in [0.1, 0.15) is 5.82 Å². The van der Waals surface area contributed by atoms with Gasteiger partial charge in [0, 0.05) is 30.4 Å². The number of carbonyl (C=O) groups is 1. The Morgan fingerprint density at radius 2 is 1.77 bits per heavy atom. The first-order chi connectivity index (χ1) is 14.6. The number of hydrogen-bond acceptors (Lipinski definition) is 3. The number of aryl methyl sites for hydroxylation is 1. The number of benzene rings is 2. The molecular formula is C25H27FN2O2. The first-order valence-electron chi connectivity index (χ1n) is 10.7. The molecule has 1 saturated carbocycles. The summed E-state index contributed by atoms with van der Waals surface area (Å²) < 4.78 is 18.8. The predicted molar refractivity (Wildman–Crippen MR) is 114 cm³/mol. The van der Waals surface area contributed by atoms with Gasteiger partial charge in [-0.3, -0.25) is 4.79 Å². The number of carbonyl (C=O) groups excluding carboxylic acids is 1. The third-order valence-electron chi connectivity index (χ3n) is 6.07. The number of oxazole rings is 1. The van der Waals surface area contributed by atoms with E-state index in [2.05, 4.69) is 34.6 Å². The van der Waals surface area contributed by atoms with Crippen molar-refractivity contribution in [3.05, 3.63) is 78.1 Å². The second kappa shape index (κ2) is 9.24. The molecule has 0 spiro atoms. The van der Waals surface area contributed by atoms with E-state index in [-0.39, 0.29) is 17.1 Å². The fourth-order valence-electron chi connectivity index (χ4n) is 4.34. The van der Waals surface area contributed by atoms with Gasteiger partial charge in [0.2, 0.25) is 5.91 Å². The molecule has 30 heavy (non-hydrogen) atoms. The van der Waals surface area contributed by atoms with E-state index in [1.54, 1.807) is 18.3 Å². The molecule has 1 fully saturated rings. The second-order valence-electron chi connectivity index (χ2n) is 8.11. The van der Waals surface area contributed by atoms with Crippen molar-refractivity contribution in [2.75, 3.05) is 6.54 Å². The highest BCUT2D eigenvalue weighted by atomic mass is 19.1. The Kier molecular flexibility index (Phi) is 6.26. The van der Waals surface area contributed by atoms with Crippen LogP contribution in [0.1, 0.15) is 50.0 Å². The lowest BCUT2D eigenvalue weighted by molar-refractivity contribution is -0.121. The predicted octanol–water partition coefficient (Wildman–Crippen LogP) is 5.43. The molecule has 1 N–H and O–H groups in total. The number of nitrogens with zero attached hydrogens (tertiary/aromatic N) is 1. The van der Waals surface area contributed by atoms with E-state index in [0.29, 0.717) is 31.0 Å². The highest BCUT2D eigenvalue weighted by Gasteiger charge is 2.34. The topological polar surface area (TPSA) is 55.1 Å². The maximum atomic E-state index is 13.1. The lowest BCUT2D eigenvalue weighted by Gasteiger charge is -2.38. The van der Waals surface area contributed by atoms with Gasteiger partial charge in [0.25, 0.3) is 0 Å². The Balaban J connectivity index is 1.33. The van der Waals surface area contributed by atoms with Crippen molar-refractivity contribution in [1.82, 2.24) is 10.3 Å². The summed E-state index contributed by atoms with van der Waals surface area (Å²) in [7, 11) is 0. The second-order valence-corrected chi connectivity index (χ2v) is 8.11.